The largest absolute Gasteiger partial charge is 0.488 e. The molecule has 33 heteroatoms. The number of hydrogen-bond donors (Lipinski definition) is 5. The van der Waals surface area contributed by atoms with Crippen molar-refractivity contribution >= 4 is 158 Å². The summed E-state index contributed by atoms with van der Waals surface area (Å²) in [5.74, 6) is -2.59. The second kappa shape index (κ2) is 45.3. The SMILES string of the molecule is CC(C)(C)[Si](OCC[C@H](N)C(=O)O)(c1ccccc1)c1ccccc1.CCOC(=O)c1ccc(-c2ccc(S(C)(=O)=O)cc2)cc1.CCOC(=O)c1ccc(Br)cc1.CS(=O)(=O)c1ccc(-c2ccc(C(=O)Cl)cc2)cc1.CS(=O)(=O)c1ccc(-c2ccc(C(=O)O)cc2)cc1.CS(=O)(=O)c1ccc(B(O)O)cc1.O=S(Cl)Cl. The van der Waals surface area contributed by atoms with E-state index in [4.69, 9.17) is 55.7 Å². The lowest BCUT2D eigenvalue weighted by molar-refractivity contribution is -0.138. The number of aromatic carboxylic acids is 1. The molecule has 0 bridgehead atoms. The molecule has 0 saturated carbocycles. The van der Waals surface area contributed by atoms with E-state index >= 15 is 0 Å². The van der Waals surface area contributed by atoms with Crippen LogP contribution in [0, 0.1) is 0 Å². The molecule has 0 aliphatic heterocycles. The summed E-state index contributed by atoms with van der Waals surface area (Å²) in [6, 6.07) is 72.0. The number of halogens is 4. The van der Waals surface area contributed by atoms with Gasteiger partial charge in [-0.2, -0.15) is 0 Å². The Hall–Kier alpha value is -8.83. The standard InChI is InChI=1S/C20H27NO3Si.C16H16O4S.C14H11ClO3S.C14H12O4S.C9H9BrO2.C7H9BO4S.Cl2OS/c1-20(2,3)25(16-10-6-4-7-11-16,17-12-8-5-9-13-17)24-15-14-18(21)19(22)23;1-3-20-16(17)14-6-4-12(5-7-14)13-8-10-15(11-9-13)21(2,18)19;2*1-19(17,18)13-8-6-11(7-9-13)10-2-4-12(5-3-10)14(15)16;1-2-12-9(11)7-3-5-8(10)6-4-7;1-13(11,12)7-4-2-6(3-5-7)8(9)10;1-4(2)3/h4-13,18H,14-15,21H2,1-3H3,(H,22,23);4-11H,3H2,1-2H3;2-9H,1H3;2-9H,1H3,(H,15,16);3-6H,2H2,1H3;2-5,9-10H,1H3;/t18-;;;;;;/m0....../s1. The van der Waals surface area contributed by atoms with Gasteiger partial charge in [-0.05, 0) is 195 Å². The molecule has 22 nitrogen and oxygen atoms in total. The Bertz CT molecular complexity index is 5090. The minimum atomic E-state index is -3.21. The number of carboxylic acids is 2. The van der Waals surface area contributed by atoms with E-state index in [-0.39, 0.29) is 47.6 Å². The summed E-state index contributed by atoms with van der Waals surface area (Å²) < 4.78 is 117. The Morgan fingerprint density at radius 3 is 0.973 bits per heavy atom. The topological polar surface area (TPSA) is 374 Å². The van der Waals surface area contributed by atoms with Gasteiger partial charge < -0.3 is 39.9 Å². The molecule has 0 heterocycles. The zero-order valence-corrected chi connectivity index (χ0v) is 71.5. The molecule has 0 radical (unpaired) electrons. The summed E-state index contributed by atoms with van der Waals surface area (Å²) in [5.41, 5.74) is 12.9. The van der Waals surface area contributed by atoms with Crippen LogP contribution in [0.25, 0.3) is 33.4 Å². The lowest BCUT2D eigenvalue weighted by Gasteiger charge is -2.43. The molecule has 10 aromatic rings. The minimum Gasteiger partial charge on any atom is -0.480 e. The zero-order chi connectivity index (χ0) is 84.7. The molecular weight excluding hydrogens is 1700 g/mol. The molecule has 0 unspecified atom stereocenters. The van der Waals surface area contributed by atoms with Gasteiger partial charge in [-0.25, -0.2) is 52.3 Å². The van der Waals surface area contributed by atoms with Crippen LogP contribution in [0.3, 0.4) is 0 Å². The van der Waals surface area contributed by atoms with E-state index in [9.17, 15) is 57.6 Å². The van der Waals surface area contributed by atoms with Crippen molar-refractivity contribution in [1.82, 2.24) is 0 Å². The van der Waals surface area contributed by atoms with Gasteiger partial charge in [0.1, 0.15) is 6.04 Å². The molecule has 1 atom stereocenters. The fourth-order valence-corrected chi connectivity index (χ4v) is 17.7. The predicted molar refractivity (Wildman–Crippen MR) is 451 cm³/mol. The van der Waals surface area contributed by atoms with Crippen molar-refractivity contribution in [3.63, 3.8) is 0 Å². The Morgan fingerprint density at radius 1 is 0.460 bits per heavy atom. The second-order valence-electron chi connectivity index (χ2n) is 25.3. The van der Waals surface area contributed by atoms with Crippen molar-refractivity contribution in [3.05, 3.63) is 282 Å². The van der Waals surface area contributed by atoms with Gasteiger partial charge in [0, 0.05) is 63.0 Å². The zero-order valence-electron chi connectivity index (χ0n) is 62.6. The summed E-state index contributed by atoms with van der Waals surface area (Å²) in [5, 5.41) is 37.0. The van der Waals surface area contributed by atoms with Crippen LogP contribution in [0.1, 0.15) is 82.5 Å². The van der Waals surface area contributed by atoms with E-state index in [1.165, 1.54) is 71.4 Å². The van der Waals surface area contributed by atoms with E-state index in [2.05, 4.69) is 82.3 Å². The number of esters is 2. The molecule has 0 amide bonds. The van der Waals surface area contributed by atoms with Gasteiger partial charge in [-0.3, -0.25) is 9.59 Å². The van der Waals surface area contributed by atoms with Crippen LogP contribution in [0.2, 0.25) is 5.04 Å². The number of carbonyl (C=O) groups is 5. The molecule has 600 valence electrons. The van der Waals surface area contributed by atoms with Crippen molar-refractivity contribution < 1.29 is 96.0 Å². The van der Waals surface area contributed by atoms with E-state index in [0.29, 0.717) is 42.9 Å². The lowest BCUT2D eigenvalue weighted by atomic mass is 9.81. The van der Waals surface area contributed by atoms with E-state index in [1.807, 2.05) is 60.7 Å². The Kier molecular flexibility index (Phi) is 38.7. The Labute approximate surface area is 685 Å². The molecule has 10 aromatic carbocycles. The first-order valence-corrected chi connectivity index (χ1v) is 47.2. The van der Waals surface area contributed by atoms with Crippen LogP contribution in [-0.4, -0.2) is 154 Å². The molecule has 10 rings (SSSR count). The number of benzene rings is 10. The molecule has 6 N–H and O–H groups in total. The molecule has 0 saturated heterocycles. The maximum Gasteiger partial charge on any atom is 0.488 e. The van der Waals surface area contributed by atoms with Crippen molar-refractivity contribution in [1.29, 1.82) is 0 Å². The van der Waals surface area contributed by atoms with Gasteiger partial charge in [-0.15, -0.1) is 0 Å². The molecule has 0 aliphatic carbocycles. The molecule has 0 spiro atoms. The second-order valence-corrected chi connectivity index (χ2v) is 41.4. The van der Waals surface area contributed by atoms with Crippen LogP contribution >= 0.6 is 48.9 Å². The highest BCUT2D eigenvalue weighted by Crippen LogP contribution is 2.37. The monoisotopic (exact) mass is 1780 g/mol. The van der Waals surface area contributed by atoms with Crippen LogP contribution in [0.5, 0.6) is 0 Å². The maximum atomic E-state index is 11.6. The van der Waals surface area contributed by atoms with Gasteiger partial charge >= 0.3 is 31.0 Å². The first-order valence-electron chi connectivity index (χ1n) is 33.7. The van der Waals surface area contributed by atoms with Crippen molar-refractivity contribution in [2.24, 2.45) is 5.73 Å². The highest BCUT2D eigenvalue weighted by molar-refractivity contribution is 9.10. The van der Waals surface area contributed by atoms with Crippen LogP contribution in [-0.2, 0) is 67.3 Å². The fourth-order valence-electron chi connectivity index (χ4n) is 10.2. The van der Waals surface area contributed by atoms with E-state index < -0.39 is 87.2 Å². The number of sulfone groups is 4. The summed E-state index contributed by atoms with van der Waals surface area (Å²) in [6.07, 6.45) is 4.89. The van der Waals surface area contributed by atoms with Crippen LogP contribution in [0.15, 0.2) is 279 Å². The predicted octanol–water partition coefficient (Wildman–Crippen LogP) is 13.3. The summed E-state index contributed by atoms with van der Waals surface area (Å²) in [6.45, 7) is 11.2. The normalized spacial score (nSPS) is 11.4. The van der Waals surface area contributed by atoms with Gasteiger partial charge in [0.15, 0.2) is 39.3 Å². The molecule has 0 aliphatic rings. The number of hydrogen-bond acceptors (Lipinski definition) is 20. The van der Waals surface area contributed by atoms with E-state index in [1.54, 1.807) is 135 Å². The maximum absolute atomic E-state index is 11.6. The Morgan fingerprint density at radius 2 is 0.726 bits per heavy atom. The summed E-state index contributed by atoms with van der Waals surface area (Å²) >= 11 is 8.65. The van der Waals surface area contributed by atoms with Gasteiger partial charge in [0.25, 0.3) is 13.6 Å². The number of carboxylic acid groups (broad SMARTS) is 2. The van der Waals surface area contributed by atoms with Crippen molar-refractivity contribution in [2.75, 3.05) is 44.8 Å². The first kappa shape index (κ1) is 96.5. The van der Waals surface area contributed by atoms with Gasteiger partial charge in [0.05, 0.1) is 49.5 Å². The number of nitrogens with two attached hydrogens (primary N) is 1. The van der Waals surface area contributed by atoms with Crippen LogP contribution < -0.4 is 21.6 Å². The average Bonchev–Trinajstić information content (AvgIpc) is 0.746. The summed E-state index contributed by atoms with van der Waals surface area (Å²) in [7, 11) is -9.58. The molecule has 113 heavy (non-hydrogen) atoms. The van der Waals surface area contributed by atoms with Crippen molar-refractivity contribution in [3.8, 4) is 33.4 Å². The van der Waals surface area contributed by atoms with E-state index in [0.717, 1.165) is 50.4 Å². The molecule has 0 aromatic heterocycles. The third-order valence-electron chi connectivity index (χ3n) is 15.9. The fraction of sp³-hybridized carbons (Fsp3) is 0.188. The van der Waals surface area contributed by atoms with Gasteiger partial charge in [0.2, 0.25) is 9.23 Å². The molecule has 0 fully saturated rings. The smallest absolute Gasteiger partial charge is 0.480 e. The van der Waals surface area contributed by atoms with Crippen LogP contribution in [0.4, 0.5) is 0 Å². The quantitative estimate of drug-likeness (QED) is 0.0253. The van der Waals surface area contributed by atoms with Gasteiger partial charge in [-0.1, -0.05) is 182 Å². The number of ether oxygens (including phenoxy) is 2. The highest BCUT2D eigenvalue weighted by Gasteiger charge is 2.50. The minimum absolute atomic E-state index is 0.122. The third-order valence-corrected chi connectivity index (χ3v) is 26.2. The number of rotatable bonds is 21. The highest BCUT2D eigenvalue weighted by atomic mass is 79.9. The molecular formula is C80H84BBrCl3NO21S5Si. The number of carbonyl (C=O) groups excluding carboxylic acids is 3. The third kappa shape index (κ3) is 32.2. The lowest BCUT2D eigenvalue weighted by Crippen LogP contribution is -2.66. The van der Waals surface area contributed by atoms with Crippen molar-refractivity contribution in [2.45, 2.75) is 71.7 Å². The number of aliphatic carboxylic acids is 1. The first-order chi connectivity index (χ1) is 52.8. The average molecular weight is 1780 g/mol. The Balaban J connectivity index is 0.000000287. The summed E-state index contributed by atoms with van der Waals surface area (Å²) in [4.78, 5) is 56.4.